The van der Waals surface area contributed by atoms with Crippen LogP contribution in [-0.4, -0.2) is 45.3 Å². The summed E-state index contributed by atoms with van der Waals surface area (Å²) in [5, 5.41) is 9.31. The Bertz CT molecular complexity index is 936. The van der Waals surface area contributed by atoms with Gasteiger partial charge in [-0.2, -0.15) is 0 Å². The number of nitrogens with zero attached hydrogens (tertiary/aromatic N) is 6. The van der Waals surface area contributed by atoms with E-state index in [-0.39, 0.29) is 22.9 Å². The van der Waals surface area contributed by atoms with E-state index in [1.807, 2.05) is 62.4 Å². The van der Waals surface area contributed by atoms with Gasteiger partial charge in [0.15, 0.2) is 12.4 Å². The fraction of sp³-hybridized carbons (Fsp3) is 0.292. The van der Waals surface area contributed by atoms with Crippen LogP contribution < -0.4 is 31.5 Å². The summed E-state index contributed by atoms with van der Waals surface area (Å²) in [5.74, 6) is 1.28. The quantitative estimate of drug-likeness (QED) is 0.369. The van der Waals surface area contributed by atoms with Crippen molar-refractivity contribution in [2.45, 2.75) is 19.8 Å². The molecule has 3 aromatic rings. The predicted molar refractivity (Wildman–Crippen MR) is 126 cm³/mol. The Morgan fingerprint density at radius 2 is 1.29 bits per heavy atom. The molecule has 0 N–H and O–H groups in total. The predicted octanol–water partition coefficient (Wildman–Crippen LogP) is 0.799. The lowest BCUT2D eigenvalue weighted by molar-refractivity contribution is -0.686. The van der Waals surface area contributed by atoms with Crippen LogP contribution in [-0.2, 0) is 0 Å². The molecule has 3 rings (SSSR count). The SMILES string of the molecule is CC(C)c1n(/N=C/c2ccc(N(C)C)cc2)cc[n+]1/N=C/c1ccc(N(C)C)cc1.[Br-]. The summed E-state index contributed by atoms with van der Waals surface area (Å²) in [6.07, 6.45) is 7.62. The maximum Gasteiger partial charge on any atom is 0.310 e. The van der Waals surface area contributed by atoms with Crippen molar-refractivity contribution in [3.63, 3.8) is 0 Å². The van der Waals surface area contributed by atoms with Crippen LogP contribution >= 0.6 is 0 Å². The second kappa shape index (κ2) is 10.9. The molecule has 0 saturated heterocycles. The van der Waals surface area contributed by atoms with E-state index in [4.69, 9.17) is 0 Å². The standard InChI is InChI=1S/C24H31N6.BrH/c1-19(2)24-29(25-17-20-7-11-22(12-8-20)27(3)4)15-16-30(24)26-18-21-9-13-23(14-10-21)28(5)6;/h7-19H,1-6H3;1H/q+1;/p-1/b25-17+,26-18+;. The summed E-state index contributed by atoms with van der Waals surface area (Å²) >= 11 is 0. The number of hydrogen-bond acceptors (Lipinski definition) is 4. The highest BCUT2D eigenvalue weighted by Crippen LogP contribution is 2.13. The van der Waals surface area contributed by atoms with Gasteiger partial charge in [-0.3, -0.25) is 0 Å². The minimum Gasteiger partial charge on any atom is -1.00 e. The molecule has 0 aliphatic heterocycles. The first kappa shape index (κ1) is 24.3. The molecule has 0 saturated carbocycles. The molecule has 0 amide bonds. The molecule has 1 heterocycles. The Morgan fingerprint density at radius 1 is 0.806 bits per heavy atom. The van der Waals surface area contributed by atoms with E-state index in [0.717, 1.165) is 17.0 Å². The van der Waals surface area contributed by atoms with E-state index in [2.05, 4.69) is 82.4 Å². The van der Waals surface area contributed by atoms with Crippen LogP contribution in [0.4, 0.5) is 11.4 Å². The Morgan fingerprint density at radius 3 is 1.74 bits per heavy atom. The normalized spacial score (nSPS) is 11.3. The van der Waals surface area contributed by atoms with Gasteiger partial charge >= 0.3 is 5.82 Å². The van der Waals surface area contributed by atoms with Crippen LogP contribution in [0.5, 0.6) is 0 Å². The summed E-state index contributed by atoms with van der Waals surface area (Å²) in [4.78, 5) is 4.16. The molecule has 6 nitrogen and oxygen atoms in total. The summed E-state index contributed by atoms with van der Waals surface area (Å²) in [5.41, 5.74) is 4.45. The average Bonchev–Trinajstić information content (AvgIpc) is 3.14. The van der Waals surface area contributed by atoms with Gasteiger partial charge in [-0.05, 0) is 35.4 Å². The second-order valence-electron chi connectivity index (χ2n) is 7.96. The first-order valence-electron chi connectivity index (χ1n) is 10.1. The molecule has 0 spiro atoms. The number of hydrogen-bond donors (Lipinski definition) is 0. The van der Waals surface area contributed by atoms with Crippen LogP contribution in [0.2, 0.25) is 0 Å². The van der Waals surface area contributed by atoms with Crippen LogP contribution in [0.1, 0.15) is 36.7 Å². The molecule has 0 aliphatic carbocycles. The van der Waals surface area contributed by atoms with E-state index in [9.17, 15) is 0 Å². The first-order valence-corrected chi connectivity index (χ1v) is 10.1. The number of imidazole rings is 1. The Hall–Kier alpha value is -2.93. The van der Waals surface area contributed by atoms with Crippen molar-refractivity contribution in [3.05, 3.63) is 77.9 Å². The van der Waals surface area contributed by atoms with Gasteiger partial charge in [0.05, 0.1) is 18.3 Å². The van der Waals surface area contributed by atoms with Crippen molar-refractivity contribution in [1.82, 2.24) is 4.68 Å². The lowest BCUT2D eigenvalue weighted by Crippen LogP contribution is -3.00. The highest BCUT2D eigenvalue weighted by Gasteiger charge is 2.20. The summed E-state index contributed by atoms with van der Waals surface area (Å²) in [7, 11) is 8.14. The monoisotopic (exact) mass is 482 g/mol. The van der Waals surface area contributed by atoms with Gasteiger partial charge in [0.2, 0.25) is 0 Å². The summed E-state index contributed by atoms with van der Waals surface area (Å²) in [6.45, 7) is 4.29. The van der Waals surface area contributed by atoms with Crippen molar-refractivity contribution < 1.29 is 21.7 Å². The highest BCUT2D eigenvalue weighted by atomic mass is 79.9. The zero-order valence-electron chi connectivity index (χ0n) is 19.1. The molecule has 2 aromatic carbocycles. The largest absolute Gasteiger partial charge is 1.00 e. The Labute approximate surface area is 195 Å². The number of aromatic nitrogens is 2. The molecule has 0 radical (unpaired) electrons. The van der Waals surface area contributed by atoms with Crippen LogP contribution in [0.3, 0.4) is 0 Å². The number of benzene rings is 2. The van der Waals surface area contributed by atoms with Gasteiger partial charge in [-0.1, -0.05) is 48.3 Å². The highest BCUT2D eigenvalue weighted by molar-refractivity contribution is 5.80. The minimum absolute atomic E-state index is 0. The van der Waals surface area contributed by atoms with Gasteiger partial charge in [-0.15, -0.1) is 9.35 Å². The van der Waals surface area contributed by atoms with E-state index < -0.39 is 0 Å². The van der Waals surface area contributed by atoms with Gasteiger partial charge in [0.1, 0.15) is 0 Å². The number of anilines is 2. The molecule has 1 aromatic heterocycles. The van der Waals surface area contributed by atoms with Crippen molar-refractivity contribution in [1.29, 1.82) is 0 Å². The van der Waals surface area contributed by atoms with E-state index in [0.29, 0.717) is 0 Å². The number of halogens is 1. The fourth-order valence-corrected chi connectivity index (χ4v) is 3.08. The van der Waals surface area contributed by atoms with Crippen molar-refractivity contribution in [3.8, 4) is 0 Å². The summed E-state index contributed by atoms with van der Waals surface area (Å²) in [6, 6.07) is 16.6. The molecule has 164 valence electrons. The second-order valence-corrected chi connectivity index (χ2v) is 7.96. The molecule has 0 bridgehead atoms. The molecule has 0 fully saturated rings. The van der Waals surface area contributed by atoms with Crippen LogP contribution in [0.15, 0.2) is 71.1 Å². The lowest BCUT2D eigenvalue weighted by Gasteiger charge is -2.11. The third-order valence-corrected chi connectivity index (χ3v) is 4.82. The molecular weight excluding hydrogens is 452 g/mol. The van der Waals surface area contributed by atoms with Crippen LogP contribution in [0.25, 0.3) is 0 Å². The minimum atomic E-state index is 0. The molecule has 0 atom stereocenters. The van der Waals surface area contributed by atoms with Crippen molar-refractivity contribution in [2.75, 3.05) is 38.0 Å². The molecule has 31 heavy (non-hydrogen) atoms. The van der Waals surface area contributed by atoms with Gasteiger partial charge in [0.25, 0.3) is 0 Å². The first-order chi connectivity index (χ1) is 14.3. The molecular formula is C24H31BrN6. The molecule has 0 aliphatic rings. The third kappa shape index (κ3) is 6.28. The maximum absolute atomic E-state index is 4.66. The van der Waals surface area contributed by atoms with Crippen molar-refractivity contribution in [2.24, 2.45) is 10.2 Å². The molecule has 0 unspecified atom stereocenters. The van der Waals surface area contributed by atoms with Gasteiger partial charge in [0, 0.05) is 39.6 Å². The summed E-state index contributed by atoms with van der Waals surface area (Å²) < 4.78 is 3.77. The topological polar surface area (TPSA) is 40.0 Å². The zero-order valence-corrected chi connectivity index (χ0v) is 20.7. The Balaban J connectivity index is 0.00000341. The maximum atomic E-state index is 4.66. The average molecular weight is 483 g/mol. The van der Waals surface area contributed by atoms with Crippen LogP contribution in [0, 0.1) is 0 Å². The van der Waals surface area contributed by atoms with E-state index in [1.54, 1.807) is 0 Å². The van der Waals surface area contributed by atoms with Crippen molar-refractivity contribution >= 4 is 23.8 Å². The van der Waals surface area contributed by atoms with Gasteiger partial charge in [-0.25, -0.2) is 0 Å². The third-order valence-electron chi connectivity index (χ3n) is 4.82. The van der Waals surface area contributed by atoms with Gasteiger partial charge < -0.3 is 26.8 Å². The van der Waals surface area contributed by atoms with E-state index in [1.165, 1.54) is 11.4 Å². The Kier molecular flexibility index (Phi) is 8.56. The van der Waals surface area contributed by atoms with E-state index >= 15 is 0 Å². The smallest absolute Gasteiger partial charge is 0.310 e. The number of rotatable bonds is 7. The lowest BCUT2D eigenvalue weighted by atomic mass is 10.2. The fourth-order valence-electron chi connectivity index (χ4n) is 3.08. The zero-order chi connectivity index (χ0) is 21.7. The molecule has 7 heteroatoms.